The van der Waals surface area contributed by atoms with Crippen LogP contribution in [-0.2, 0) is 6.54 Å². The van der Waals surface area contributed by atoms with Crippen LogP contribution in [-0.4, -0.2) is 37.2 Å². The molecule has 0 amide bonds. The van der Waals surface area contributed by atoms with Crippen LogP contribution in [0.5, 0.6) is 11.5 Å². The average molecular weight is 306 g/mol. The molecular formula is C18H30N2O2. The minimum Gasteiger partial charge on any atom is -0.493 e. The third-order valence-electron chi connectivity index (χ3n) is 4.29. The van der Waals surface area contributed by atoms with Crippen molar-refractivity contribution in [1.29, 1.82) is 0 Å². The summed E-state index contributed by atoms with van der Waals surface area (Å²) in [5.41, 5.74) is 8.43. The number of hydrogen-bond donors (Lipinski definition) is 1. The summed E-state index contributed by atoms with van der Waals surface area (Å²) >= 11 is 0. The molecule has 4 heteroatoms. The lowest BCUT2D eigenvalue weighted by Crippen LogP contribution is -2.26. The largest absolute Gasteiger partial charge is 0.493 e. The van der Waals surface area contributed by atoms with Crippen LogP contribution >= 0.6 is 0 Å². The summed E-state index contributed by atoms with van der Waals surface area (Å²) in [6.45, 7) is 10.6. The molecule has 1 aromatic rings. The summed E-state index contributed by atoms with van der Waals surface area (Å²) in [5, 5.41) is 0. The molecule has 0 aromatic heterocycles. The molecule has 0 unspecified atom stereocenters. The SMILES string of the molecule is CCOc1ccc(CN2CCC[C@H](N)CC2)c(OCC)c1C. The van der Waals surface area contributed by atoms with E-state index in [4.69, 9.17) is 15.2 Å². The number of rotatable bonds is 6. The molecule has 0 bridgehead atoms. The maximum atomic E-state index is 6.08. The van der Waals surface area contributed by atoms with Gasteiger partial charge in [0.2, 0.25) is 0 Å². The molecule has 0 radical (unpaired) electrons. The molecule has 2 rings (SSSR count). The molecule has 1 atom stereocenters. The molecule has 4 nitrogen and oxygen atoms in total. The van der Waals surface area contributed by atoms with Crippen molar-refractivity contribution in [3.8, 4) is 11.5 Å². The Balaban J connectivity index is 2.16. The predicted octanol–water partition coefficient (Wildman–Crippen LogP) is 3.11. The standard InChI is InChI=1S/C18H30N2O2/c1-4-21-17-9-8-15(18(14(17)3)22-5-2)13-20-11-6-7-16(19)10-12-20/h8-9,16H,4-7,10-13,19H2,1-3H3/t16-/m0/s1. The van der Waals surface area contributed by atoms with E-state index in [2.05, 4.69) is 24.0 Å². The molecule has 0 aliphatic carbocycles. The Morgan fingerprint density at radius 1 is 1.14 bits per heavy atom. The zero-order valence-corrected chi connectivity index (χ0v) is 14.2. The summed E-state index contributed by atoms with van der Waals surface area (Å²) in [4.78, 5) is 2.49. The van der Waals surface area contributed by atoms with E-state index >= 15 is 0 Å². The van der Waals surface area contributed by atoms with Crippen LogP contribution in [0.1, 0.15) is 44.2 Å². The summed E-state index contributed by atoms with van der Waals surface area (Å²) in [5.74, 6) is 1.91. The van der Waals surface area contributed by atoms with Crippen molar-refractivity contribution in [1.82, 2.24) is 4.90 Å². The zero-order valence-electron chi connectivity index (χ0n) is 14.2. The van der Waals surface area contributed by atoms with Gasteiger partial charge in [-0.1, -0.05) is 6.07 Å². The predicted molar refractivity (Wildman–Crippen MR) is 90.6 cm³/mol. The van der Waals surface area contributed by atoms with Crippen molar-refractivity contribution in [2.24, 2.45) is 5.73 Å². The smallest absolute Gasteiger partial charge is 0.130 e. The molecule has 1 saturated heterocycles. The number of nitrogens with two attached hydrogens (primary N) is 1. The fraction of sp³-hybridized carbons (Fsp3) is 0.667. The zero-order chi connectivity index (χ0) is 15.9. The lowest BCUT2D eigenvalue weighted by atomic mass is 10.1. The first kappa shape index (κ1) is 17.1. The first-order valence-electron chi connectivity index (χ1n) is 8.51. The third-order valence-corrected chi connectivity index (χ3v) is 4.29. The number of nitrogens with zero attached hydrogens (tertiary/aromatic N) is 1. The molecule has 0 saturated carbocycles. The highest BCUT2D eigenvalue weighted by Gasteiger charge is 2.18. The lowest BCUT2D eigenvalue weighted by Gasteiger charge is -2.23. The second kappa shape index (κ2) is 8.39. The molecule has 0 spiro atoms. The summed E-state index contributed by atoms with van der Waals surface area (Å²) in [6.07, 6.45) is 3.40. The van der Waals surface area contributed by atoms with Crippen molar-refractivity contribution in [3.63, 3.8) is 0 Å². The van der Waals surface area contributed by atoms with Crippen LogP contribution in [0.25, 0.3) is 0 Å². The van der Waals surface area contributed by atoms with E-state index in [9.17, 15) is 0 Å². The van der Waals surface area contributed by atoms with Crippen molar-refractivity contribution in [2.75, 3.05) is 26.3 Å². The Morgan fingerprint density at radius 3 is 2.64 bits per heavy atom. The summed E-state index contributed by atoms with van der Waals surface area (Å²) in [6, 6.07) is 4.58. The van der Waals surface area contributed by atoms with Gasteiger partial charge in [-0.2, -0.15) is 0 Å². The summed E-state index contributed by atoms with van der Waals surface area (Å²) in [7, 11) is 0. The summed E-state index contributed by atoms with van der Waals surface area (Å²) < 4.78 is 11.6. The molecule has 1 aliphatic rings. The number of hydrogen-bond acceptors (Lipinski definition) is 4. The molecule has 1 aromatic carbocycles. The van der Waals surface area contributed by atoms with Gasteiger partial charge in [-0.25, -0.2) is 0 Å². The molecule has 1 aliphatic heterocycles. The van der Waals surface area contributed by atoms with Gasteiger partial charge in [-0.15, -0.1) is 0 Å². The van der Waals surface area contributed by atoms with Crippen LogP contribution in [0.15, 0.2) is 12.1 Å². The fourth-order valence-corrected chi connectivity index (χ4v) is 3.09. The molecule has 22 heavy (non-hydrogen) atoms. The van der Waals surface area contributed by atoms with Gasteiger partial charge in [0.15, 0.2) is 0 Å². The Hall–Kier alpha value is -1.26. The quantitative estimate of drug-likeness (QED) is 0.877. The third kappa shape index (κ3) is 4.37. The number of benzene rings is 1. The fourth-order valence-electron chi connectivity index (χ4n) is 3.09. The van der Waals surface area contributed by atoms with Crippen LogP contribution in [0.4, 0.5) is 0 Å². The van der Waals surface area contributed by atoms with E-state index in [1.54, 1.807) is 0 Å². The Kier molecular flexibility index (Phi) is 6.52. The first-order chi connectivity index (χ1) is 10.7. The molecule has 2 N–H and O–H groups in total. The van der Waals surface area contributed by atoms with Gasteiger partial charge < -0.3 is 15.2 Å². The van der Waals surface area contributed by atoms with Crippen molar-refractivity contribution < 1.29 is 9.47 Å². The van der Waals surface area contributed by atoms with Crippen LogP contribution < -0.4 is 15.2 Å². The van der Waals surface area contributed by atoms with Crippen LogP contribution in [0.2, 0.25) is 0 Å². The van der Waals surface area contributed by atoms with E-state index in [1.165, 1.54) is 12.0 Å². The maximum absolute atomic E-state index is 6.08. The highest BCUT2D eigenvalue weighted by atomic mass is 16.5. The Morgan fingerprint density at radius 2 is 1.91 bits per heavy atom. The van der Waals surface area contributed by atoms with Gasteiger partial charge in [0.25, 0.3) is 0 Å². The minimum atomic E-state index is 0.360. The Bertz CT molecular complexity index is 476. The van der Waals surface area contributed by atoms with E-state index < -0.39 is 0 Å². The molecule has 1 fully saturated rings. The average Bonchev–Trinajstić information content (AvgIpc) is 2.71. The van der Waals surface area contributed by atoms with Gasteiger partial charge in [-0.3, -0.25) is 4.90 Å². The maximum Gasteiger partial charge on any atom is 0.130 e. The Labute approximate surface area is 134 Å². The second-order valence-corrected chi connectivity index (χ2v) is 6.01. The highest BCUT2D eigenvalue weighted by molar-refractivity contribution is 5.49. The monoisotopic (exact) mass is 306 g/mol. The van der Waals surface area contributed by atoms with E-state index in [0.717, 1.165) is 49.5 Å². The van der Waals surface area contributed by atoms with Crippen molar-refractivity contribution in [2.45, 2.75) is 52.6 Å². The normalized spacial score (nSPS) is 19.7. The highest BCUT2D eigenvalue weighted by Crippen LogP contribution is 2.33. The molecule has 1 heterocycles. The van der Waals surface area contributed by atoms with Crippen LogP contribution in [0, 0.1) is 6.92 Å². The molecular weight excluding hydrogens is 276 g/mol. The van der Waals surface area contributed by atoms with E-state index in [-0.39, 0.29) is 0 Å². The van der Waals surface area contributed by atoms with Crippen molar-refractivity contribution >= 4 is 0 Å². The van der Waals surface area contributed by atoms with Gasteiger partial charge in [-0.05, 0) is 59.2 Å². The lowest BCUT2D eigenvalue weighted by molar-refractivity contribution is 0.264. The molecule has 124 valence electrons. The van der Waals surface area contributed by atoms with E-state index in [1.807, 2.05) is 13.8 Å². The van der Waals surface area contributed by atoms with Gasteiger partial charge in [0.05, 0.1) is 13.2 Å². The van der Waals surface area contributed by atoms with Crippen LogP contribution in [0.3, 0.4) is 0 Å². The van der Waals surface area contributed by atoms with Gasteiger partial charge in [0, 0.05) is 23.7 Å². The number of likely N-dealkylation sites (tertiary alicyclic amines) is 1. The van der Waals surface area contributed by atoms with E-state index in [0.29, 0.717) is 19.3 Å². The second-order valence-electron chi connectivity index (χ2n) is 6.01. The van der Waals surface area contributed by atoms with Gasteiger partial charge in [0.1, 0.15) is 11.5 Å². The topological polar surface area (TPSA) is 47.7 Å². The first-order valence-corrected chi connectivity index (χ1v) is 8.51. The van der Waals surface area contributed by atoms with Gasteiger partial charge >= 0.3 is 0 Å². The van der Waals surface area contributed by atoms with Crippen molar-refractivity contribution in [3.05, 3.63) is 23.3 Å². The minimum absolute atomic E-state index is 0.360. The number of ether oxygens (including phenoxy) is 2.